The number of hydrogen-bond donors (Lipinski definition) is 2. The first-order valence-electron chi connectivity index (χ1n) is 6.73. The van der Waals surface area contributed by atoms with Gasteiger partial charge in [0.15, 0.2) is 0 Å². The minimum atomic E-state index is -0.424. The minimum absolute atomic E-state index is 0.0123. The van der Waals surface area contributed by atoms with E-state index in [-0.39, 0.29) is 13.2 Å². The minimum Gasteiger partial charge on any atom is -0.459 e. The van der Waals surface area contributed by atoms with Gasteiger partial charge in [-0.15, -0.1) is 0 Å². The molecule has 0 spiro atoms. The molecule has 2 rings (SSSR count). The first kappa shape index (κ1) is 15.8. The maximum absolute atomic E-state index is 11.9. The van der Waals surface area contributed by atoms with Crippen molar-refractivity contribution in [2.45, 2.75) is 20.3 Å². The fraction of sp³-hybridized carbons (Fsp3) is 0.312. The SMILES string of the molecule is Cc1c(Cc2ccc(Br)cc2)[nH]c(C(=O)OCCO)c1C. The third-order valence-corrected chi connectivity index (χ3v) is 4.02. The van der Waals surface area contributed by atoms with Gasteiger partial charge in [-0.2, -0.15) is 0 Å². The van der Waals surface area contributed by atoms with Crippen LogP contribution in [0.5, 0.6) is 0 Å². The highest BCUT2D eigenvalue weighted by atomic mass is 79.9. The number of carbonyl (C=O) groups excluding carboxylic acids is 1. The summed E-state index contributed by atoms with van der Waals surface area (Å²) in [6.07, 6.45) is 0.729. The van der Waals surface area contributed by atoms with Crippen LogP contribution in [-0.4, -0.2) is 29.3 Å². The summed E-state index contributed by atoms with van der Waals surface area (Å²) in [7, 11) is 0. The molecule has 0 saturated carbocycles. The van der Waals surface area contributed by atoms with E-state index in [1.54, 1.807) is 0 Å². The first-order valence-corrected chi connectivity index (χ1v) is 7.52. The number of ether oxygens (including phenoxy) is 1. The van der Waals surface area contributed by atoms with Crippen LogP contribution in [0.4, 0.5) is 0 Å². The van der Waals surface area contributed by atoms with E-state index in [9.17, 15) is 4.79 Å². The van der Waals surface area contributed by atoms with Crippen LogP contribution in [0.15, 0.2) is 28.7 Å². The average molecular weight is 352 g/mol. The lowest BCUT2D eigenvalue weighted by Crippen LogP contribution is -2.10. The van der Waals surface area contributed by atoms with E-state index in [2.05, 4.69) is 20.9 Å². The zero-order chi connectivity index (χ0) is 15.4. The van der Waals surface area contributed by atoms with Crippen LogP contribution in [0.25, 0.3) is 0 Å². The predicted molar refractivity (Wildman–Crippen MR) is 84.6 cm³/mol. The van der Waals surface area contributed by atoms with E-state index in [0.717, 1.165) is 33.3 Å². The van der Waals surface area contributed by atoms with Gasteiger partial charge >= 0.3 is 5.97 Å². The Hall–Kier alpha value is -1.59. The molecular formula is C16H18BrNO3. The monoisotopic (exact) mass is 351 g/mol. The lowest BCUT2D eigenvalue weighted by atomic mass is 10.1. The molecule has 0 aliphatic rings. The van der Waals surface area contributed by atoms with Gasteiger partial charge in [0.05, 0.1) is 6.61 Å². The highest BCUT2D eigenvalue weighted by molar-refractivity contribution is 9.10. The number of hydrogen-bond acceptors (Lipinski definition) is 3. The molecule has 4 nitrogen and oxygen atoms in total. The molecule has 0 bridgehead atoms. The average Bonchev–Trinajstić information content (AvgIpc) is 2.75. The molecule has 2 aromatic rings. The van der Waals surface area contributed by atoms with Crippen LogP contribution in [0, 0.1) is 13.8 Å². The van der Waals surface area contributed by atoms with Gasteiger partial charge in [-0.25, -0.2) is 4.79 Å². The smallest absolute Gasteiger partial charge is 0.355 e. The summed E-state index contributed by atoms with van der Waals surface area (Å²) in [5, 5.41) is 8.72. The molecule has 0 aliphatic heterocycles. The maximum Gasteiger partial charge on any atom is 0.355 e. The van der Waals surface area contributed by atoms with Crippen molar-refractivity contribution >= 4 is 21.9 Å². The summed E-state index contributed by atoms with van der Waals surface area (Å²) < 4.78 is 6.01. The van der Waals surface area contributed by atoms with Crippen LogP contribution in [0.2, 0.25) is 0 Å². The second kappa shape index (κ2) is 6.91. The summed E-state index contributed by atoms with van der Waals surface area (Å²) in [5.41, 5.74) is 4.59. The standard InChI is InChI=1S/C16H18BrNO3/c1-10-11(2)15(16(20)21-8-7-19)18-14(10)9-12-3-5-13(17)6-4-12/h3-6,18-19H,7-9H2,1-2H3. The lowest BCUT2D eigenvalue weighted by molar-refractivity contribution is 0.0427. The van der Waals surface area contributed by atoms with E-state index >= 15 is 0 Å². The molecule has 0 atom stereocenters. The van der Waals surface area contributed by atoms with Gasteiger partial charge < -0.3 is 14.8 Å². The fourth-order valence-corrected chi connectivity index (χ4v) is 2.41. The number of benzene rings is 1. The van der Waals surface area contributed by atoms with Crippen LogP contribution in [0.3, 0.4) is 0 Å². The molecule has 2 N–H and O–H groups in total. The Labute approximate surface area is 132 Å². The van der Waals surface area contributed by atoms with E-state index < -0.39 is 5.97 Å². The Morgan fingerprint density at radius 3 is 2.52 bits per heavy atom. The largest absolute Gasteiger partial charge is 0.459 e. The quantitative estimate of drug-likeness (QED) is 0.813. The van der Waals surface area contributed by atoms with E-state index in [1.165, 1.54) is 0 Å². The Bertz CT molecular complexity index is 632. The Kier molecular flexibility index (Phi) is 5.20. The summed E-state index contributed by atoms with van der Waals surface area (Å²) in [4.78, 5) is 15.1. The zero-order valence-electron chi connectivity index (χ0n) is 12.1. The van der Waals surface area contributed by atoms with Gasteiger partial charge in [-0.1, -0.05) is 28.1 Å². The second-order valence-electron chi connectivity index (χ2n) is 4.89. The fourth-order valence-electron chi connectivity index (χ4n) is 2.15. The van der Waals surface area contributed by atoms with Crippen molar-refractivity contribution in [3.05, 3.63) is 56.8 Å². The number of esters is 1. The number of nitrogens with one attached hydrogen (secondary N) is 1. The summed E-state index contributed by atoms with van der Waals surface area (Å²) in [6, 6.07) is 8.08. The van der Waals surface area contributed by atoms with E-state index in [1.807, 2.05) is 38.1 Å². The Balaban J connectivity index is 2.21. The van der Waals surface area contributed by atoms with Gasteiger partial charge in [0.2, 0.25) is 0 Å². The highest BCUT2D eigenvalue weighted by Crippen LogP contribution is 2.21. The molecular weight excluding hydrogens is 334 g/mol. The molecule has 0 amide bonds. The van der Waals surface area contributed by atoms with Crippen LogP contribution in [-0.2, 0) is 11.2 Å². The second-order valence-corrected chi connectivity index (χ2v) is 5.81. The van der Waals surface area contributed by atoms with Gasteiger partial charge in [0.25, 0.3) is 0 Å². The molecule has 112 valence electrons. The van der Waals surface area contributed by atoms with E-state index in [4.69, 9.17) is 9.84 Å². The molecule has 0 fully saturated rings. The van der Waals surface area contributed by atoms with Crippen molar-refractivity contribution in [3.63, 3.8) is 0 Å². The molecule has 1 aromatic carbocycles. The van der Waals surface area contributed by atoms with Crippen molar-refractivity contribution in [2.75, 3.05) is 13.2 Å². The Morgan fingerprint density at radius 2 is 1.90 bits per heavy atom. The topological polar surface area (TPSA) is 62.3 Å². The summed E-state index contributed by atoms with van der Waals surface area (Å²) >= 11 is 3.41. The van der Waals surface area contributed by atoms with Crippen molar-refractivity contribution in [1.29, 1.82) is 0 Å². The van der Waals surface area contributed by atoms with Crippen LogP contribution >= 0.6 is 15.9 Å². The number of aromatic nitrogens is 1. The Morgan fingerprint density at radius 1 is 1.24 bits per heavy atom. The predicted octanol–water partition coefficient (Wildman–Crippen LogP) is 3.13. The molecule has 1 heterocycles. The number of halogens is 1. The zero-order valence-corrected chi connectivity index (χ0v) is 13.7. The number of H-pyrrole nitrogens is 1. The van der Waals surface area contributed by atoms with E-state index in [0.29, 0.717) is 5.69 Å². The third-order valence-electron chi connectivity index (χ3n) is 3.49. The lowest BCUT2D eigenvalue weighted by Gasteiger charge is -2.02. The summed E-state index contributed by atoms with van der Waals surface area (Å²) in [5.74, 6) is -0.424. The number of aliphatic hydroxyl groups excluding tert-OH is 1. The van der Waals surface area contributed by atoms with Gasteiger partial charge in [0.1, 0.15) is 12.3 Å². The molecule has 1 aromatic heterocycles. The number of aromatic amines is 1. The van der Waals surface area contributed by atoms with Crippen molar-refractivity contribution in [2.24, 2.45) is 0 Å². The normalized spacial score (nSPS) is 10.7. The third kappa shape index (κ3) is 3.74. The van der Waals surface area contributed by atoms with Crippen LogP contribution in [0.1, 0.15) is 32.9 Å². The summed E-state index contributed by atoms with van der Waals surface area (Å²) in [6.45, 7) is 3.73. The van der Waals surface area contributed by atoms with Gasteiger partial charge in [-0.3, -0.25) is 0 Å². The first-order chi connectivity index (χ1) is 10.0. The maximum atomic E-state index is 11.9. The number of aliphatic hydroxyl groups is 1. The van der Waals surface area contributed by atoms with Crippen LogP contribution < -0.4 is 0 Å². The van der Waals surface area contributed by atoms with Gasteiger partial charge in [0, 0.05) is 16.6 Å². The molecule has 21 heavy (non-hydrogen) atoms. The molecule has 0 saturated heterocycles. The molecule has 0 unspecified atom stereocenters. The van der Waals surface area contributed by atoms with Crippen molar-refractivity contribution in [3.8, 4) is 0 Å². The van der Waals surface area contributed by atoms with Crippen molar-refractivity contribution < 1.29 is 14.6 Å². The molecule has 5 heteroatoms. The molecule has 0 aliphatic carbocycles. The number of carbonyl (C=O) groups is 1. The number of rotatable bonds is 5. The van der Waals surface area contributed by atoms with Gasteiger partial charge in [-0.05, 0) is 42.7 Å². The van der Waals surface area contributed by atoms with Crippen molar-refractivity contribution in [1.82, 2.24) is 4.98 Å². The molecule has 0 radical (unpaired) electrons. The highest BCUT2D eigenvalue weighted by Gasteiger charge is 2.18.